The third-order valence-corrected chi connectivity index (χ3v) is 5.81. The number of anilines is 2. The Morgan fingerprint density at radius 3 is 1.35 bits per heavy atom. The highest BCUT2D eigenvalue weighted by molar-refractivity contribution is 5.93. The number of aliphatic hydroxyl groups excluding tert-OH is 2. The van der Waals surface area contributed by atoms with Crippen molar-refractivity contribution in [1.82, 2.24) is 19.9 Å². The van der Waals surface area contributed by atoms with E-state index in [9.17, 15) is 10.2 Å². The van der Waals surface area contributed by atoms with Crippen LogP contribution in [0.5, 0.6) is 23.5 Å². The predicted octanol–water partition coefficient (Wildman–Crippen LogP) is 3.18. The van der Waals surface area contributed by atoms with Crippen molar-refractivity contribution in [1.29, 1.82) is 0 Å². The Balaban J connectivity index is 1.69. The van der Waals surface area contributed by atoms with Crippen LogP contribution in [0.15, 0.2) is 48.5 Å². The molecule has 2 aromatic carbocycles. The molecule has 0 amide bonds. The monoisotopic (exact) mass is 550 g/mol. The fourth-order valence-electron chi connectivity index (χ4n) is 3.66. The predicted molar refractivity (Wildman–Crippen MR) is 150 cm³/mol. The van der Waals surface area contributed by atoms with E-state index in [1.54, 1.807) is 14.2 Å². The van der Waals surface area contributed by atoms with E-state index in [-0.39, 0.29) is 38.4 Å². The molecule has 0 unspecified atom stereocenters. The van der Waals surface area contributed by atoms with Gasteiger partial charge in [0.15, 0.2) is 11.6 Å². The average Bonchev–Trinajstić information content (AvgIpc) is 2.99. The summed E-state index contributed by atoms with van der Waals surface area (Å²) in [6.45, 7) is 1.37. The third kappa shape index (κ3) is 7.80. The number of ether oxygens (including phenoxy) is 4. The Hall–Kier alpha value is -4.42. The van der Waals surface area contributed by atoms with Gasteiger partial charge in [0.1, 0.15) is 22.5 Å². The van der Waals surface area contributed by atoms with Crippen LogP contribution in [0, 0.1) is 0 Å². The molecular weight excluding hydrogens is 516 g/mol. The molecule has 4 rings (SSSR count). The number of aliphatic hydroxyl groups is 2. The van der Waals surface area contributed by atoms with Crippen LogP contribution < -0.4 is 29.6 Å². The molecule has 0 spiro atoms. The highest BCUT2D eigenvalue weighted by Gasteiger charge is 2.18. The number of benzene rings is 2. The number of fused-ring (bicyclic) bond motifs is 1. The van der Waals surface area contributed by atoms with Crippen molar-refractivity contribution >= 4 is 22.7 Å². The molecule has 12 nitrogen and oxygen atoms in total. The quantitative estimate of drug-likeness (QED) is 0.152. The van der Waals surface area contributed by atoms with E-state index >= 15 is 0 Å². The fraction of sp³-hybridized carbons (Fsp3) is 0.357. The first-order valence-electron chi connectivity index (χ1n) is 12.9. The van der Waals surface area contributed by atoms with Crippen molar-refractivity contribution in [2.45, 2.75) is 25.9 Å². The molecule has 0 aliphatic heterocycles. The molecule has 4 aromatic rings. The first kappa shape index (κ1) is 28.6. The molecule has 0 bridgehead atoms. The maximum atomic E-state index is 9.18. The molecule has 0 atom stereocenters. The minimum absolute atomic E-state index is 0.0114. The third-order valence-electron chi connectivity index (χ3n) is 5.81. The van der Waals surface area contributed by atoms with Crippen molar-refractivity contribution < 1.29 is 29.2 Å². The lowest BCUT2D eigenvalue weighted by atomic mass is 10.2. The average molecular weight is 551 g/mol. The molecular formula is C28H34N6O6. The number of nitrogens with one attached hydrogen (secondary N) is 2. The van der Waals surface area contributed by atoms with Gasteiger partial charge in [0.25, 0.3) is 0 Å². The number of nitrogens with zero attached hydrogens (tertiary/aromatic N) is 4. The molecule has 4 N–H and O–H groups in total. The molecule has 2 heterocycles. The Kier molecular flexibility index (Phi) is 10.5. The first-order chi connectivity index (χ1) is 19.6. The van der Waals surface area contributed by atoms with E-state index in [1.165, 1.54) is 0 Å². The van der Waals surface area contributed by atoms with Crippen molar-refractivity contribution in [2.24, 2.45) is 0 Å². The normalized spacial score (nSPS) is 10.8. The maximum Gasteiger partial charge on any atom is 0.319 e. The van der Waals surface area contributed by atoms with E-state index in [0.717, 1.165) is 22.6 Å². The molecule has 212 valence electrons. The second-order valence-electron chi connectivity index (χ2n) is 8.66. The minimum atomic E-state index is -0.0114. The summed E-state index contributed by atoms with van der Waals surface area (Å²) in [4.78, 5) is 18.3. The maximum absolute atomic E-state index is 9.18. The van der Waals surface area contributed by atoms with Gasteiger partial charge in [0.05, 0.1) is 27.4 Å². The van der Waals surface area contributed by atoms with Gasteiger partial charge in [-0.2, -0.15) is 19.9 Å². The van der Waals surface area contributed by atoms with Crippen molar-refractivity contribution in [3.05, 3.63) is 59.7 Å². The van der Waals surface area contributed by atoms with Gasteiger partial charge in [-0.05, 0) is 35.4 Å². The van der Waals surface area contributed by atoms with Crippen molar-refractivity contribution in [3.63, 3.8) is 0 Å². The zero-order valence-corrected chi connectivity index (χ0v) is 22.6. The topological polar surface area (TPSA) is 153 Å². The second-order valence-corrected chi connectivity index (χ2v) is 8.66. The minimum Gasteiger partial charge on any atom is -0.497 e. The summed E-state index contributed by atoms with van der Waals surface area (Å²) in [5, 5.41) is 25.0. The van der Waals surface area contributed by atoms with Crippen molar-refractivity contribution in [3.8, 4) is 23.5 Å². The summed E-state index contributed by atoms with van der Waals surface area (Å²) in [5.41, 5.74) is 2.88. The van der Waals surface area contributed by atoms with E-state index in [0.29, 0.717) is 48.6 Å². The van der Waals surface area contributed by atoms with Gasteiger partial charge in [-0.25, -0.2) is 0 Å². The number of aromatic nitrogens is 4. The van der Waals surface area contributed by atoms with Crippen LogP contribution in [0.25, 0.3) is 11.0 Å². The summed E-state index contributed by atoms with van der Waals surface area (Å²) in [6, 6.07) is 15.6. The lowest BCUT2D eigenvalue weighted by Gasteiger charge is -2.15. The SMILES string of the molecule is COc1ccc(CNc2nc(OCCCO)nc3c(NCc4ccc(OC)cc4)nc(OCCCO)nc23)cc1. The molecule has 0 fully saturated rings. The smallest absolute Gasteiger partial charge is 0.319 e. The lowest BCUT2D eigenvalue weighted by Crippen LogP contribution is -2.12. The van der Waals surface area contributed by atoms with Crippen LogP contribution in [0.3, 0.4) is 0 Å². The van der Waals surface area contributed by atoms with Gasteiger partial charge in [0.2, 0.25) is 0 Å². The Bertz CT molecular complexity index is 1250. The van der Waals surface area contributed by atoms with E-state index < -0.39 is 0 Å². The molecule has 0 radical (unpaired) electrons. The number of methoxy groups -OCH3 is 2. The Morgan fingerprint density at radius 1 is 0.600 bits per heavy atom. The van der Waals surface area contributed by atoms with E-state index in [2.05, 4.69) is 30.6 Å². The highest BCUT2D eigenvalue weighted by Crippen LogP contribution is 2.29. The second kappa shape index (κ2) is 14.7. The molecule has 0 aliphatic rings. The number of hydrogen-bond donors (Lipinski definition) is 4. The highest BCUT2D eigenvalue weighted by atomic mass is 16.5. The lowest BCUT2D eigenvalue weighted by molar-refractivity contribution is 0.223. The molecule has 2 aromatic heterocycles. The first-order valence-corrected chi connectivity index (χ1v) is 12.9. The molecule has 0 saturated carbocycles. The molecule has 0 saturated heterocycles. The van der Waals surface area contributed by atoms with Crippen LogP contribution in [-0.2, 0) is 13.1 Å². The van der Waals surface area contributed by atoms with Crippen LogP contribution in [0.1, 0.15) is 24.0 Å². The van der Waals surface area contributed by atoms with Crippen LogP contribution in [0.4, 0.5) is 11.6 Å². The molecule has 0 aliphatic carbocycles. The van der Waals surface area contributed by atoms with Crippen LogP contribution >= 0.6 is 0 Å². The summed E-state index contributed by atoms with van der Waals surface area (Å²) in [5.74, 6) is 2.39. The Morgan fingerprint density at radius 2 is 1.00 bits per heavy atom. The number of hydrogen-bond acceptors (Lipinski definition) is 12. The van der Waals surface area contributed by atoms with E-state index in [1.807, 2.05) is 48.5 Å². The van der Waals surface area contributed by atoms with Crippen LogP contribution in [-0.4, -0.2) is 70.8 Å². The summed E-state index contributed by atoms with van der Waals surface area (Å²) >= 11 is 0. The van der Waals surface area contributed by atoms with Crippen molar-refractivity contribution in [2.75, 3.05) is 51.3 Å². The van der Waals surface area contributed by atoms with Gasteiger partial charge in [-0.3, -0.25) is 0 Å². The standard InChI is InChI=1S/C28H34N6O6/c1-37-21-9-5-19(6-10-21)17-29-25-23-24(32-27(33-25)39-15-3-13-35)26(34-28(31-23)40-16-4-14-36)30-18-20-7-11-22(38-2)12-8-20/h5-12,35-36H,3-4,13-18H2,1-2H3,(H,29,32,33)(H,30,31,34). The van der Waals surface area contributed by atoms with E-state index in [4.69, 9.17) is 18.9 Å². The zero-order chi connectivity index (χ0) is 28.2. The van der Waals surface area contributed by atoms with Gasteiger partial charge in [0, 0.05) is 39.1 Å². The largest absolute Gasteiger partial charge is 0.497 e. The summed E-state index contributed by atoms with van der Waals surface area (Å²) < 4.78 is 22.0. The molecule has 40 heavy (non-hydrogen) atoms. The summed E-state index contributed by atoms with van der Waals surface area (Å²) in [6.07, 6.45) is 0.874. The number of rotatable bonds is 16. The fourth-order valence-corrected chi connectivity index (χ4v) is 3.66. The van der Waals surface area contributed by atoms with Gasteiger partial charge in [-0.15, -0.1) is 0 Å². The van der Waals surface area contributed by atoms with Gasteiger partial charge in [-0.1, -0.05) is 24.3 Å². The summed E-state index contributed by atoms with van der Waals surface area (Å²) in [7, 11) is 3.25. The zero-order valence-electron chi connectivity index (χ0n) is 22.6. The van der Waals surface area contributed by atoms with Gasteiger partial charge >= 0.3 is 12.0 Å². The molecule has 12 heteroatoms. The van der Waals surface area contributed by atoms with Crippen LogP contribution in [0.2, 0.25) is 0 Å². The van der Waals surface area contributed by atoms with Gasteiger partial charge < -0.3 is 39.8 Å². The Labute approximate surface area is 232 Å².